The van der Waals surface area contributed by atoms with E-state index in [9.17, 15) is 8.42 Å². The van der Waals surface area contributed by atoms with Gasteiger partial charge in [-0.25, -0.2) is 0 Å². The van der Waals surface area contributed by atoms with Crippen LogP contribution in [0.25, 0.3) is 0 Å². The van der Waals surface area contributed by atoms with E-state index in [4.69, 9.17) is 0 Å². The Labute approximate surface area is 128 Å². The van der Waals surface area contributed by atoms with Crippen LogP contribution in [0, 0.1) is 5.92 Å². The van der Waals surface area contributed by atoms with E-state index in [-0.39, 0.29) is 12.0 Å². The standard InChI is InChI=1S/C15H25N3O2S/c1-12(2)11-18(21(19,20)17(3)4)14-9-5-7-13-8-6-10-16-15(13)14/h6,8,10,12,14H,5,7,9,11H2,1-4H3/t14-/m0/s1. The molecule has 5 nitrogen and oxygen atoms in total. The minimum Gasteiger partial charge on any atom is -0.259 e. The number of pyridine rings is 1. The van der Waals surface area contributed by atoms with Crippen molar-refractivity contribution in [2.24, 2.45) is 5.92 Å². The molecule has 2 rings (SSSR count). The van der Waals surface area contributed by atoms with Crippen LogP contribution in [0.3, 0.4) is 0 Å². The molecule has 0 saturated heterocycles. The highest BCUT2D eigenvalue weighted by molar-refractivity contribution is 7.86. The van der Waals surface area contributed by atoms with Crippen molar-refractivity contribution in [3.63, 3.8) is 0 Å². The molecule has 1 aromatic rings. The lowest BCUT2D eigenvalue weighted by molar-refractivity contribution is 0.250. The second-order valence-corrected chi connectivity index (χ2v) is 8.30. The topological polar surface area (TPSA) is 53.5 Å². The second kappa shape index (κ2) is 6.42. The molecule has 1 aromatic heterocycles. The molecule has 0 fully saturated rings. The maximum absolute atomic E-state index is 12.7. The molecule has 21 heavy (non-hydrogen) atoms. The Morgan fingerprint density at radius 1 is 1.38 bits per heavy atom. The third kappa shape index (κ3) is 3.44. The van der Waals surface area contributed by atoms with Crippen molar-refractivity contribution in [1.29, 1.82) is 0 Å². The van der Waals surface area contributed by atoms with E-state index in [0.717, 1.165) is 25.0 Å². The summed E-state index contributed by atoms with van der Waals surface area (Å²) >= 11 is 0. The number of nitrogens with zero attached hydrogens (tertiary/aromatic N) is 3. The normalized spacial score (nSPS) is 19.3. The summed E-state index contributed by atoms with van der Waals surface area (Å²) in [7, 11) is -0.273. The van der Waals surface area contributed by atoms with Crippen molar-refractivity contribution >= 4 is 10.2 Å². The molecule has 0 N–H and O–H groups in total. The molecule has 0 bridgehead atoms. The fraction of sp³-hybridized carbons (Fsp3) is 0.667. The lowest BCUT2D eigenvalue weighted by Gasteiger charge is -2.36. The summed E-state index contributed by atoms with van der Waals surface area (Å²) in [5, 5.41) is 0. The van der Waals surface area contributed by atoms with E-state index >= 15 is 0 Å². The van der Waals surface area contributed by atoms with Crippen LogP contribution in [0.1, 0.15) is 44.0 Å². The predicted molar refractivity (Wildman–Crippen MR) is 84.1 cm³/mol. The van der Waals surface area contributed by atoms with Gasteiger partial charge in [-0.05, 0) is 36.8 Å². The Morgan fingerprint density at radius 2 is 2.10 bits per heavy atom. The molecular weight excluding hydrogens is 286 g/mol. The molecule has 0 saturated carbocycles. The van der Waals surface area contributed by atoms with Gasteiger partial charge in [0.25, 0.3) is 10.2 Å². The third-order valence-corrected chi connectivity index (χ3v) is 5.74. The number of rotatable bonds is 5. The molecular formula is C15H25N3O2S. The zero-order chi connectivity index (χ0) is 15.6. The molecule has 0 aromatic carbocycles. The largest absolute Gasteiger partial charge is 0.282 e. The Bertz CT molecular complexity index is 584. The van der Waals surface area contributed by atoms with Crippen molar-refractivity contribution in [2.75, 3.05) is 20.6 Å². The van der Waals surface area contributed by atoms with Crippen LogP contribution in [0.5, 0.6) is 0 Å². The lowest BCUT2D eigenvalue weighted by atomic mass is 9.91. The van der Waals surface area contributed by atoms with Gasteiger partial charge in [0.15, 0.2) is 0 Å². The highest BCUT2D eigenvalue weighted by Gasteiger charge is 2.36. The average Bonchev–Trinajstić information content (AvgIpc) is 2.44. The summed E-state index contributed by atoms with van der Waals surface area (Å²) in [6.45, 7) is 4.60. The summed E-state index contributed by atoms with van der Waals surface area (Å²) in [4.78, 5) is 4.48. The molecule has 1 aliphatic rings. The molecule has 1 aliphatic carbocycles. The molecule has 6 heteroatoms. The van der Waals surface area contributed by atoms with Crippen LogP contribution >= 0.6 is 0 Å². The van der Waals surface area contributed by atoms with Crippen LogP contribution in [0.15, 0.2) is 18.3 Å². The van der Waals surface area contributed by atoms with Gasteiger partial charge in [-0.2, -0.15) is 17.0 Å². The lowest BCUT2D eigenvalue weighted by Crippen LogP contribution is -2.45. The Hall–Kier alpha value is -0.980. The van der Waals surface area contributed by atoms with Gasteiger partial charge in [0.2, 0.25) is 0 Å². The number of hydrogen-bond acceptors (Lipinski definition) is 3. The van der Waals surface area contributed by atoms with E-state index in [0.29, 0.717) is 6.54 Å². The number of aryl methyl sites for hydroxylation is 1. The maximum atomic E-state index is 12.7. The second-order valence-electron chi connectivity index (χ2n) is 6.21. The van der Waals surface area contributed by atoms with Crippen LogP contribution in [-0.2, 0) is 16.6 Å². The van der Waals surface area contributed by atoms with Gasteiger partial charge in [-0.15, -0.1) is 0 Å². The summed E-state index contributed by atoms with van der Waals surface area (Å²) in [5.41, 5.74) is 2.10. The monoisotopic (exact) mass is 311 g/mol. The smallest absolute Gasteiger partial charge is 0.259 e. The zero-order valence-electron chi connectivity index (χ0n) is 13.3. The van der Waals surface area contributed by atoms with Crippen molar-refractivity contribution in [1.82, 2.24) is 13.6 Å². The first-order chi connectivity index (χ1) is 9.84. The van der Waals surface area contributed by atoms with Crippen molar-refractivity contribution < 1.29 is 8.42 Å². The minimum absolute atomic E-state index is 0.148. The SMILES string of the molecule is CC(C)CN([C@H]1CCCc2cccnc21)S(=O)(=O)N(C)C. The van der Waals surface area contributed by atoms with Gasteiger partial charge in [0.1, 0.15) is 0 Å². The number of aromatic nitrogens is 1. The Kier molecular flexibility index (Phi) is 5.01. The van der Waals surface area contributed by atoms with Gasteiger partial charge < -0.3 is 0 Å². The van der Waals surface area contributed by atoms with Crippen LogP contribution in [0.2, 0.25) is 0 Å². The highest BCUT2D eigenvalue weighted by Crippen LogP contribution is 2.35. The van der Waals surface area contributed by atoms with Crippen molar-refractivity contribution in [3.8, 4) is 0 Å². The summed E-state index contributed by atoms with van der Waals surface area (Å²) in [6, 6.07) is 3.84. The first-order valence-electron chi connectivity index (χ1n) is 7.47. The maximum Gasteiger partial charge on any atom is 0.282 e. The fourth-order valence-corrected chi connectivity index (χ4v) is 4.25. The molecule has 1 atom stereocenters. The molecule has 0 spiro atoms. The third-order valence-electron chi connectivity index (χ3n) is 3.82. The van der Waals surface area contributed by atoms with Crippen LogP contribution in [0.4, 0.5) is 0 Å². The Morgan fingerprint density at radius 3 is 2.71 bits per heavy atom. The molecule has 0 aliphatic heterocycles. The zero-order valence-corrected chi connectivity index (χ0v) is 14.1. The molecule has 0 amide bonds. The highest BCUT2D eigenvalue weighted by atomic mass is 32.2. The van der Waals surface area contributed by atoms with Crippen molar-refractivity contribution in [3.05, 3.63) is 29.6 Å². The first kappa shape index (κ1) is 16.4. The fourth-order valence-electron chi connectivity index (χ4n) is 2.82. The van der Waals surface area contributed by atoms with E-state index in [2.05, 4.69) is 11.1 Å². The average molecular weight is 311 g/mol. The molecule has 0 radical (unpaired) electrons. The molecule has 118 valence electrons. The van der Waals surface area contributed by atoms with E-state index in [1.54, 1.807) is 24.6 Å². The van der Waals surface area contributed by atoms with E-state index in [1.807, 2.05) is 19.9 Å². The molecule has 0 unspecified atom stereocenters. The number of fused-ring (bicyclic) bond motifs is 1. The van der Waals surface area contributed by atoms with Crippen LogP contribution in [-0.4, -0.2) is 42.7 Å². The minimum atomic E-state index is -3.45. The summed E-state index contributed by atoms with van der Waals surface area (Å²) < 4.78 is 28.3. The van der Waals surface area contributed by atoms with Crippen LogP contribution < -0.4 is 0 Å². The first-order valence-corrected chi connectivity index (χ1v) is 8.86. The van der Waals surface area contributed by atoms with Gasteiger partial charge in [-0.1, -0.05) is 19.9 Å². The molecule has 1 heterocycles. The quantitative estimate of drug-likeness (QED) is 0.838. The van der Waals surface area contributed by atoms with Gasteiger partial charge in [-0.3, -0.25) is 4.98 Å². The number of hydrogen-bond donors (Lipinski definition) is 0. The van der Waals surface area contributed by atoms with Crippen molar-refractivity contribution in [2.45, 2.75) is 39.2 Å². The van der Waals surface area contributed by atoms with E-state index in [1.165, 1.54) is 9.87 Å². The van der Waals surface area contributed by atoms with E-state index < -0.39 is 10.2 Å². The summed E-state index contributed by atoms with van der Waals surface area (Å²) in [5.74, 6) is 0.272. The summed E-state index contributed by atoms with van der Waals surface area (Å²) in [6.07, 6.45) is 4.58. The van der Waals surface area contributed by atoms with Gasteiger partial charge in [0, 0.05) is 26.8 Å². The van der Waals surface area contributed by atoms with Gasteiger partial charge >= 0.3 is 0 Å². The predicted octanol–water partition coefficient (Wildman–Crippen LogP) is 2.22. The van der Waals surface area contributed by atoms with Gasteiger partial charge in [0.05, 0.1) is 11.7 Å². The Balaban J connectivity index is 2.44.